The zero-order valence-electron chi connectivity index (χ0n) is 7.48. The monoisotopic (exact) mass is 178 g/mol. The van der Waals surface area contributed by atoms with Crippen molar-refractivity contribution in [2.45, 2.75) is 18.9 Å². The molecule has 0 aliphatic heterocycles. The quantitative estimate of drug-likeness (QED) is 0.716. The van der Waals surface area contributed by atoms with Gasteiger partial charge in [-0.3, -0.25) is 0 Å². The molecule has 0 saturated heterocycles. The molecule has 0 bridgehead atoms. The van der Waals surface area contributed by atoms with Gasteiger partial charge in [0.1, 0.15) is 0 Å². The Bertz CT molecular complexity index is 296. The lowest BCUT2D eigenvalue weighted by atomic mass is 10.0. The van der Waals surface area contributed by atoms with Crippen molar-refractivity contribution in [2.24, 2.45) is 5.92 Å². The number of rotatable bonds is 2. The summed E-state index contributed by atoms with van der Waals surface area (Å²) in [7, 11) is 0. The van der Waals surface area contributed by atoms with E-state index in [4.69, 9.17) is 5.11 Å². The highest BCUT2D eigenvalue weighted by molar-refractivity contribution is 5.34. The van der Waals surface area contributed by atoms with E-state index in [2.05, 4.69) is 6.07 Å². The van der Waals surface area contributed by atoms with E-state index in [1.165, 1.54) is 5.56 Å². The molecule has 0 radical (unpaired) electrons. The predicted octanol–water partition coefficient (Wildman–Crippen LogP) is 1.27. The fourth-order valence-corrected chi connectivity index (χ4v) is 2.08. The molecule has 2 atom stereocenters. The molecule has 1 aromatic carbocycles. The summed E-state index contributed by atoms with van der Waals surface area (Å²) in [4.78, 5) is 0. The molecule has 1 aromatic rings. The van der Waals surface area contributed by atoms with Crippen molar-refractivity contribution >= 4 is 0 Å². The van der Waals surface area contributed by atoms with Crippen molar-refractivity contribution in [2.75, 3.05) is 6.61 Å². The van der Waals surface area contributed by atoms with Crippen LogP contribution in [0.25, 0.3) is 0 Å². The number of aliphatic hydroxyl groups excluding tert-OH is 2. The highest BCUT2D eigenvalue weighted by Crippen LogP contribution is 2.37. The third-order valence-electron chi connectivity index (χ3n) is 2.80. The van der Waals surface area contributed by atoms with E-state index in [0.29, 0.717) is 6.42 Å². The normalized spacial score (nSPS) is 26.0. The Morgan fingerprint density at radius 1 is 1.31 bits per heavy atom. The smallest absolute Gasteiger partial charge is 0.0824 e. The van der Waals surface area contributed by atoms with Gasteiger partial charge in [-0.2, -0.15) is 0 Å². The van der Waals surface area contributed by atoms with Crippen LogP contribution in [0.3, 0.4) is 0 Å². The maximum atomic E-state index is 9.86. The Hall–Kier alpha value is -0.860. The summed E-state index contributed by atoms with van der Waals surface area (Å²) in [5.74, 6) is 0.211. The number of hydrogen-bond donors (Lipinski definition) is 2. The van der Waals surface area contributed by atoms with Gasteiger partial charge in [0.15, 0.2) is 0 Å². The number of benzene rings is 1. The van der Waals surface area contributed by atoms with E-state index in [1.807, 2.05) is 18.2 Å². The average molecular weight is 178 g/mol. The summed E-state index contributed by atoms with van der Waals surface area (Å²) >= 11 is 0. The minimum absolute atomic E-state index is 0.162. The lowest BCUT2D eigenvalue weighted by molar-refractivity contribution is 0.104. The molecule has 2 rings (SSSR count). The van der Waals surface area contributed by atoms with E-state index in [1.54, 1.807) is 0 Å². The van der Waals surface area contributed by atoms with Crippen LogP contribution >= 0.6 is 0 Å². The molecule has 2 heteroatoms. The SMILES string of the molecule is OCCC1Cc2ccccc2C1O. The topological polar surface area (TPSA) is 40.5 Å². The van der Waals surface area contributed by atoms with Crippen LogP contribution in [0.5, 0.6) is 0 Å². The Labute approximate surface area is 77.8 Å². The molecule has 70 valence electrons. The van der Waals surface area contributed by atoms with Gasteiger partial charge in [-0.05, 0) is 29.9 Å². The van der Waals surface area contributed by atoms with E-state index in [0.717, 1.165) is 12.0 Å². The van der Waals surface area contributed by atoms with Gasteiger partial charge in [0, 0.05) is 6.61 Å². The molecular formula is C11H14O2. The van der Waals surface area contributed by atoms with E-state index >= 15 is 0 Å². The van der Waals surface area contributed by atoms with Crippen molar-refractivity contribution in [1.82, 2.24) is 0 Å². The van der Waals surface area contributed by atoms with Gasteiger partial charge in [0.2, 0.25) is 0 Å². The van der Waals surface area contributed by atoms with Crippen LogP contribution in [0.1, 0.15) is 23.7 Å². The second kappa shape index (κ2) is 3.48. The molecule has 0 fully saturated rings. The Morgan fingerprint density at radius 2 is 2.08 bits per heavy atom. The van der Waals surface area contributed by atoms with Gasteiger partial charge in [-0.25, -0.2) is 0 Å². The zero-order valence-corrected chi connectivity index (χ0v) is 7.48. The summed E-state index contributed by atoms with van der Waals surface area (Å²) in [6.07, 6.45) is 1.22. The standard InChI is InChI=1S/C11H14O2/c12-6-5-9-7-8-3-1-2-4-10(8)11(9)13/h1-4,9,11-13H,5-7H2. The molecule has 1 aliphatic rings. The number of fused-ring (bicyclic) bond motifs is 1. The summed E-state index contributed by atoms with van der Waals surface area (Å²) in [6.45, 7) is 0.162. The van der Waals surface area contributed by atoms with Gasteiger partial charge >= 0.3 is 0 Å². The summed E-state index contributed by atoms with van der Waals surface area (Å²) in [6, 6.07) is 7.96. The van der Waals surface area contributed by atoms with Gasteiger partial charge < -0.3 is 10.2 Å². The first-order chi connectivity index (χ1) is 6.33. The molecule has 0 aromatic heterocycles. The minimum Gasteiger partial charge on any atom is -0.396 e. The summed E-state index contributed by atoms with van der Waals surface area (Å²) in [5, 5.41) is 18.7. The molecule has 0 amide bonds. The highest BCUT2D eigenvalue weighted by Gasteiger charge is 2.29. The fourth-order valence-electron chi connectivity index (χ4n) is 2.08. The molecule has 2 unspecified atom stereocenters. The van der Waals surface area contributed by atoms with E-state index in [9.17, 15) is 5.11 Å². The van der Waals surface area contributed by atoms with Crippen LogP contribution < -0.4 is 0 Å². The van der Waals surface area contributed by atoms with Gasteiger partial charge in [0.05, 0.1) is 6.10 Å². The highest BCUT2D eigenvalue weighted by atomic mass is 16.3. The second-order valence-corrected chi connectivity index (χ2v) is 3.62. The first-order valence-corrected chi connectivity index (χ1v) is 4.69. The second-order valence-electron chi connectivity index (χ2n) is 3.62. The first kappa shape index (κ1) is 8.73. The van der Waals surface area contributed by atoms with E-state index in [-0.39, 0.29) is 18.6 Å². The van der Waals surface area contributed by atoms with Crippen molar-refractivity contribution in [3.8, 4) is 0 Å². The zero-order chi connectivity index (χ0) is 9.26. The fraction of sp³-hybridized carbons (Fsp3) is 0.455. The lowest BCUT2D eigenvalue weighted by Gasteiger charge is -2.12. The molecule has 2 nitrogen and oxygen atoms in total. The number of aliphatic hydroxyl groups is 2. The Kier molecular flexibility index (Phi) is 2.34. The third kappa shape index (κ3) is 1.47. The molecule has 0 spiro atoms. The molecule has 0 saturated carbocycles. The van der Waals surface area contributed by atoms with Crippen LogP contribution in [0.15, 0.2) is 24.3 Å². The summed E-state index contributed by atoms with van der Waals surface area (Å²) < 4.78 is 0. The van der Waals surface area contributed by atoms with E-state index < -0.39 is 0 Å². The first-order valence-electron chi connectivity index (χ1n) is 4.69. The number of hydrogen-bond acceptors (Lipinski definition) is 2. The molecule has 2 N–H and O–H groups in total. The van der Waals surface area contributed by atoms with Crippen molar-refractivity contribution in [3.05, 3.63) is 35.4 Å². The molecule has 1 aliphatic carbocycles. The average Bonchev–Trinajstić information content (AvgIpc) is 2.46. The van der Waals surface area contributed by atoms with Crippen molar-refractivity contribution < 1.29 is 10.2 Å². The van der Waals surface area contributed by atoms with Gasteiger partial charge in [0.25, 0.3) is 0 Å². The third-order valence-corrected chi connectivity index (χ3v) is 2.80. The maximum absolute atomic E-state index is 9.86. The Balaban J connectivity index is 2.22. The maximum Gasteiger partial charge on any atom is 0.0824 e. The van der Waals surface area contributed by atoms with Crippen LogP contribution in [0.2, 0.25) is 0 Å². The van der Waals surface area contributed by atoms with Crippen LogP contribution in [-0.2, 0) is 6.42 Å². The van der Waals surface area contributed by atoms with Crippen molar-refractivity contribution in [3.63, 3.8) is 0 Å². The molecular weight excluding hydrogens is 164 g/mol. The van der Waals surface area contributed by atoms with Crippen molar-refractivity contribution in [1.29, 1.82) is 0 Å². The largest absolute Gasteiger partial charge is 0.396 e. The van der Waals surface area contributed by atoms with Gasteiger partial charge in [-0.1, -0.05) is 24.3 Å². The minimum atomic E-state index is -0.372. The summed E-state index contributed by atoms with van der Waals surface area (Å²) in [5.41, 5.74) is 2.27. The van der Waals surface area contributed by atoms with Gasteiger partial charge in [-0.15, -0.1) is 0 Å². The lowest BCUT2D eigenvalue weighted by Crippen LogP contribution is -2.08. The molecule has 0 heterocycles. The molecule has 13 heavy (non-hydrogen) atoms. The van der Waals surface area contributed by atoms with Crippen LogP contribution in [0.4, 0.5) is 0 Å². The van der Waals surface area contributed by atoms with Crippen LogP contribution in [-0.4, -0.2) is 16.8 Å². The van der Waals surface area contributed by atoms with Crippen LogP contribution in [0, 0.1) is 5.92 Å². The Morgan fingerprint density at radius 3 is 2.77 bits per heavy atom. The predicted molar refractivity (Wildman–Crippen MR) is 50.3 cm³/mol.